The van der Waals surface area contributed by atoms with Crippen molar-refractivity contribution < 1.29 is 4.79 Å². The minimum Gasteiger partial charge on any atom is -0.313 e. The highest BCUT2D eigenvalue weighted by Gasteiger charge is 2.23. The van der Waals surface area contributed by atoms with E-state index in [1.165, 1.54) is 23.3 Å². The number of thiazole rings is 1. The molecule has 3 rings (SSSR count). The van der Waals surface area contributed by atoms with Crippen molar-refractivity contribution in [2.24, 2.45) is 0 Å². The summed E-state index contributed by atoms with van der Waals surface area (Å²) in [6.07, 6.45) is 9.38. The number of carbonyl (C=O) groups excluding carboxylic acids is 1. The minimum atomic E-state index is -0.238. The maximum absolute atomic E-state index is 12.9. The van der Waals surface area contributed by atoms with Crippen LogP contribution in [0.2, 0.25) is 0 Å². The number of benzene rings is 2. The number of amides is 1. The van der Waals surface area contributed by atoms with E-state index in [2.05, 4.69) is 17.4 Å². The largest absolute Gasteiger partial charge is 0.313 e. The summed E-state index contributed by atoms with van der Waals surface area (Å²) in [7, 11) is 0. The number of carbonyl (C=O) groups is 1. The Morgan fingerprint density at radius 1 is 1.21 bits per heavy atom. The number of rotatable bonds is 10. The molecule has 0 atom stereocenters. The molecule has 0 spiro atoms. The van der Waals surface area contributed by atoms with Gasteiger partial charge in [-0.25, -0.2) is 4.98 Å². The van der Waals surface area contributed by atoms with E-state index in [4.69, 9.17) is 10.2 Å². The van der Waals surface area contributed by atoms with E-state index in [1.807, 2.05) is 77.7 Å². The van der Waals surface area contributed by atoms with Crippen LogP contribution >= 0.6 is 23.3 Å². The Bertz CT molecular complexity index is 1180. The van der Waals surface area contributed by atoms with Crippen molar-refractivity contribution in [1.29, 1.82) is 5.26 Å². The van der Waals surface area contributed by atoms with Crippen molar-refractivity contribution in [2.45, 2.75) is 13.0 Å². The molecule has 0 saturated carbocycles. The van der Waals surface area contributed by atoms with Crippen molar-refractivity contribution in [2.75, 3.05) is 11.2 Å². The molecule has 1 N–H and O–H groups in total. The van der Waals surface area contributed by atoms with Gasteiger partial charge in [0.15, 0.2) is 5.13 Å². The molecule has 5 nitrogen and oxygen atoms in total. The van der Waals surface area contributed by atoms with Crippen molar-refractivity contribution in [3.8, 4) is 16.5 Å². The number of anilines is 1. The van der Waals surface area contributed by atoms with Gasteiger partial charge < -0.3 is 4.90 Å². The van der Waals surface area contributed by atoms with Crippen LogP contribution in [-0.4, -0.2) is 17.1 Å². The van der Waals surface area contributed by atoms with E-state index < -0.39 is 0 Å². The van der Waals surface area contributed by atoms with Crippen molar-refractivity contribution >= 4 is 34.3 Å². The first-order valence-corrected chi connectivity index (χ1v) is 12.3. The molecule has 0 saturated heterocycles. The van der Waals surface area contributed by atoms with Gasteiger partial charge in [0.1, 0.15) is 5.69 Å². The normalized spacial score (nSPS) is 11.2. The van der Waals surface area contributed by atoms with E-state index in [0.717, 1.165) is 21.7 Å². The second kappa shape index (κ2) is 12.4. The molecule has 1 heterocycles. The third-order valence-electron chi connectivity index (χ3n) is 4.57. The molecule has 0 aliphatic heterocycles. The molecule has 0 aliphatic carbocycles. The quantitative estimate of drug-likeness (QED) is 0.274. The Labute approximate surface area is 202 Å². The summed E-state index contributed by atoms with van der Waals surface area (Å²) in [5.74, 6) is -0.238. The first kappa shape index (κ1) is 24.1. The molecule has 33 heavy (non-hydrogen) atoms. The molecule has 0 aliphatic rings. The van der Waals surface area contributed by atoms with Gasteiger partial charge >= 0.3 is 0 Å². The lowest BCUT2D eigenvalue weighted by Crippen LogP contribution is -2.22. The summed E-state index contributed by atoms with van der Waals surface area (Å²) >= 11 is 2.70. The second-order valence-corrected chi connectivity index (χ2v) is 8.43. The Kier molecular flexibility index (Phi) is 9.07. The van der Waals surface area contributed by atoms with Gasteiger partial charge in [-0.1, -0.05) is 103 Å². The molecule has 7 heteroatoms. The summed E-state index contributed by atoms with van der Waals surface area (Å²) in [6, 6.07) is 22.0. The minimum absolute atomic E-state index is 0.238. The van der Waals surface area contributed by atoms with E-state index in [1.54, 1.807) is 18.4 Å². The Morgan fingerprint density at radius 2 is 1.91 bits per heavy atom. The van der Waals surface area contributed by atoms with Crippen LogP contribution in [0, 0.1) is 11.3 Å². The topological polar surface area (TPSA) is 69.0 Å². The molecule has 0 radical (unpaired) electrons. The van der Waals surface area contributed by atoms with Crippen LogP contribution in [0.3, 0.4) is 0 Å². The zero-order chi connectivity index (χ0) is 23.5. The highest BCUT2D eigenvalue weighted by atomic mass is 32.2. The van der Waals surface area contributed by atoms with Crippen molar-refractivity contribution in [3.63, 3.8) is 0 Å². The lowest BCUT2D eigenvalue weighted by Gasteiger charge is -2.23. The lowest BCUT2D eigenvalue weighted by molar-refractivity contribution is 0.0981. The number of hydrogen-bond donors (Lipinski definition) is 1. The van der Waals surface area contributed by atoms with Crippen LogP contribution in [0.5, 0.6) is 0 Å². The van der Waals surface area contributed by atoms with E-state index in [0.29, 0.717) is 23.8 Å². The fourth-order valence-corrected chi connectivity index (χ4v) is 4.50. The van der Waals surface area contributed by atoms with Gasteiger partial charge in [-0.2, -0.15) is 5.26 Å². The fraction of sp³-hybridized carbons (Fsp3) is 0.115. The van der Waals surface area contributed by atoms with Gasteiger partial charge in [0.25, 0.3) is 5.91 Å². The molecular weight excluding hydrogens is 448 g/mol. The average Bonchev–Trinajstić information content (AvgIpc) is 3.29. The van der Waals surface area contributed by atoms with E-state index in [-0.39, 0.29) is 5.91 Å². The van der Waals surface area contributed by atoms with Gasteiger partial charge in [0.2, 0.25) is 0 Å². The average molecular weight is 473 g/mol. The van der Waals surface area contributed by atoms with Gasteiger partial charge in [-0.15, -0.1) is 0 Å². The van der Waals surface area contributed by atoms with Crippen LogP contribution in [0.25, 0.3) is 10.4 Å². The summed E-state index contributed by atoms with van der Waals surface area (Å²) in [5.41, 5.74) is 3.23. The summed E-state index contributed by atoms with van der Waals surface area (Å²) < 4.78 is 2.79. The van der Waals surface area contributed by atoms with Crippen LogP contribution < -0.4 is 9.62 Å². The number of nitriles is 1. The molecule has 166 valence electrons. The fourth-order valence-electron chi connectivity index (χ4n) is 3.13. The number of hydrogen-bond acceptors (Lipinski definition) is 6. The molecular formula is C26H24N4OS2. The van der Waals surface area contributed by atoms with Crippen LogP contribution in [-0.2, 0) is 6.54 Å². The molecule has 1 amide bonds. The summed E-state index contributed by atoms with van der Waals surface area (Å²) in [5, 5.41) is 9.65. The van der Waals surface area contributed by atoms with Crippen LogP contribution in [0.1, 0.15) is 22.5 Å². The molecule has 1 aromatic heterocycles. The monoisotopic (exact) mass is 472 g/mol. The Morgan fingerprint density at radius 3 is 2.55 bits per heavy atom. The predicted molar refractivity (Wildman–Crippen MR) is 139 cm³/mol. The first-order valence-electron chi connectivity index (χ1n) is 10.2. The Balaban J connectivity index is 2.14. The predicted octanol–water partition coefficient (Wildman–Crippen LogP) is 6.36. The SMILES string of the molecule is C=C/C=C(\C=C/CC#N)N(Cc1ccccc1)c1nc(C(=O)NSC)c(-c2ccccc2)s1. The first-order chi connectivity index (χ1) is 16.2. The third-order valence-corrected chi connectivity index (χ3v) is 6.09. The molecule has 3 aromatic rings. The lowest BCUT2D eigenvalue weighted by atomic mass is 10.1. The molecule has 0 fully saturated rings. The maximum Gasteiger partial charge on any atom is 0.281 e. The van der Waals surface area contributed by atoms with Crippen molar-refractivity contribution in [1.82, 2.24) is 9.71 Å². The van der Waals surface area contributed by atoms with Gasteiger partial charge in [-0.3, -0.25) is 9.52 Å². The molecule has 0 unspecified atom stereocenters. The number of nitrogens with zero attached hydrogens (tertiary/aromatic N) is 3. The molecule has 0 bridgehead atoms. The summed E-state index contributed by atoms with van der Waals surface area (Å²) in [4.78, 5) is 20.5. The van der Waals surface area contributed by atoms with E-state index in [9.17, 15) is 4.79 Å². The van der Waals surface area contributed by atoms with E-state index >= 15 is 0 Å². The number of aromatic nitrogens is 1. The number of nitrogens with one attached hydrogen (secondary N) is 1. The van der Waals surface area contributed by atoms with Gasteiger partial charge in [0.05, 0.1) is 23.9 Å². The third kappa shape index (κ3) is 6.45. The smallest absolute Gasteiger partial charge is 0.281 e. The van der Waals surface area contributed by atoms with Gasteiger partial charge in [0, 0.05) is 12.0 Å². The standard InChI is InChI=1S/C26H24N4OS2/c1-3-12-22(17-10-11-18-27)30(19-20-13-6-4-7-14-20)26-28-23(25(31)29-32-2)24(33-26)21-15-8-5-9-16-21/h3-10,12-17H,1,11,19H2,2H3,(H,29,31)/b17-10-,22-12+. The summed E-state index contributed by atoms with van der Waals surface area (Å²) in [6.45, 7) is 4.39. The zero-order valence-corrected chi connectivity index (χ0v) is 19.9. The zero-order valence-electron chi connectivity index (χ0n) is 18.3. The highest BCUT2D eigenvalue weighted by Crippen LogP contribution is 2.37. The maximum atomic E-state index is 12.9. The van der Waals surface area contributed by atoms with Crippen molar-refractivity contribution in [3.05, 3.63) is 109 Å². The van der Waals surface area contributed by atoms with Gasteiger partial charge in [-0.05, 0) is 23.3 Å². The number of allylic oxidation sites excluding steroid dienone is 4. The second-order valence-electron chi connectivity index (χ2n) is 6.84. The Hall–Kier alpha value is -3.60. The van der Waals surface area contributed by atoms with Crippen LogP contribution in [0.15, 0.2) is 97.2 Å². The highest BCUT2D eigenvalue weighted by molar-refractivity contribution is 7.97. The molecule has 2 aromatic carbocycles. The van der Waals surface area contributed by atoms with Crippen LogP contribution in [0.4, 0.5) is 5.13 Å².